The number of aromatic nitrogens is 2. The predicted octanol–water partition coefficient (Wildman–Crippen LogP) is 1.65. The van der Waals surface area contributed by atoms with Crippen LogP contribution >= 0.6 is 11.6 Å². The zero-order valence-corrected chi connectivity index (χ0v) is 13.0. The number of carbonyl (C=O) groups excluding carboxylic acids is 1. The van der Waals surface area contributed by atoms with Gasteiger partial charge in [-0.2, -0.15) is 5.10 Å². The number of aryl methyl sites for hydroxylation is 1. The Bertz CT molecular complexity index is 612. The molecule has 1 aromatic carbocycles. The first-order valence-corrected chi connectivity index (χ1v) is 7.35. The number of benzene rings is 1. The highest BCUT2D eigenvalue weighted by Gasteiger charge is 2.09. The lowest BCUT2D eigenvalue weighted by molar-refractivity contribution is 0.173. The molecule has 0 bridgehead atoms. The number of nitrogens with one attached hydrogen (secondary N) is 2. The van der Waals surface area contributed by atoms with Crippen LogP contribution in [0.1, 0.15) is 17.2 Å². The Labute approximate surface area is 134 Å². The van der Waals surface area contributed by atoms with Gasteiger partial charge in [-0.05, 0) is 29.7 Å². The van der Waals surface area contributed by atoms with E-state index in [1.165, 1.54) is 0 Å². The molecule has 0 aliphatic carbocycles. The summed E-state index contributed by atoms with van der Waals surface area (Å²) in [7, 11) is 1.85. The summed E-state index contributed by atoms with van der Waals surface area (Å²) in [4.78, 5) is 11.7. The van der Waals surface area contributed by atoms with Crippen LogP contribution in [0.5, 0.6) is 0 Å². The molecule has 0 aliphatic heterocycles. The molecule has 0 saturated carbocycles. The maximum absolute atomic E-state index is 11.7. The van der Waals surface area contributed by atoms with E-state index in [2.05, 4.69) is 15.7 Å². The maximum atomic E-state index is 11.7. The molecule has 0 radical (unpaired) electrons. The minimum Gasteiger partial charge on any atom is -0.387 e. The number of hydrogen-bond donors (Lipinski definition) is 3. The third-order valence-corrected chi connectivity index (χ3v) is 3.42. The number of halogens is 1. The summed E-state index contributed by atoms with van der Waals surface area (Å²) in [6, 6.07) is 6.56. The quantitative estimate of drug-likeness (QED) is 0.756. The molecule has 0 fully saturated rings. The number of hydrogen-bond acceptors (Lipinski definition) is 3. The maximum Gasteiger partial charge on any atom is 0.314 e. The number of rotatable bonds is 6. The van der Waals surface area contributed by atoms with Gasteiger partial charge in [0, 0.05) is 31.4 Å². The number of aliphatic hydroxyl groups excluding tert-OH is 1. The molecule has 1 atom stereocenters. The van der Waals surface area contributed by atoms with Crippen molar-refractivity contribution in [3.63, 3.8) is 0 Å². The SMILES string of the molecule is Cn1cc(CCNC(=O)NC[C@@H](O)c2ccc(Cl)cc2)cn1. The van der Waals surface area contributed by atoms with E-state index in [0.29, 0.717) is 23.6 Å². The second-order valence-corrected chi connectivity index (χ2v) is 5.41. The summed E-state index contributed by atoms with van der Waals surface area (Å²) in [6.07, 6.45) is 3.62. The van der Waals surface area contributed by atoms with Gasteiger partial charge in [0.2, 0.25) is 0 Å². The fraction of sp³-hybridized carbons (Fsp3) is 0.333. The first kappa shape index (κ1) is 16.3. The monoisotopic (exact) mass is 322 g/mol. The first-order valence-electron chi connectivity index (χ1n) is 6.97. The van der Waals surface area contributed by atoms with E-state index < -0.39 is 6.10 Å². The molecular formula is C15H19ClN4O2. The van der Waals surface area contributed by atoms with Crippen LogP contribution in [0, 0.1) is 0 Å². The highest BCUT2D eigenvalue weighted by molar-refractivity contribution is 6.30. The predicted molar refractivity (Wildman–Crippen MR) is 84.7 cm³/mol. The summed E-state index contributed by atoms with van der Waals surface area (Å²) in [5, 5.41) is 20.0. The van der Waals surface area contributed by atoms with Gasteiger partial charge in [0.25, 0.3) is 0 Å². The van der Waals surface area contributed by atoms with E-state index in [-0.39, 0.29) is 12.6 Å². The van der Waals surface area contributed by atoms with Gasteiger partial charge in [-0.3, -0.25) is 4.68 Å². The molecule has 118 valence electrons. The second kappa shape index (κ2) is 7.82. The third kappa shape index (κ3) is 5.05. The highest BCUT2D eigenvalue weighted by atomic mass is 35.5. The number of nitrogens with zero attached hydrogens (tertiary/aromatic N) is 2. The average Bonchev–Trinajstić information content (AvgIpc) is 2.91. The van der Waals surface area contributed by atoms with E-state index in [4.69, 9.17) is 11.6 Å². The molecule has 6 nitrogen and oxygen atoms in total. The molecule has 0 unspecified atom stereocenters. The molecule has 0 spiro atoms. The van der Waals surface area contributed by atoms with Crippen LogP contribution in [0.15, 0.2) is 36.7 Å². The van der Waals surface area contributed by atoms with Gasteiger partial charge in [-0.1, -0.05) is 23.7 Å². The smallest absolute Gasteiger partial charge is 0.314 e. The highest BCUT2D eigenvalue weighted by Crippen LogP contribution is 2.15. The average molecular weight is 323 g/mol. The lowest BCUT2D eigenvalue weighted by atomic mass is 10.1. The topological polar surface area (TPSA) is 79.2 Å². The number of carbonyl (C=O) groups is 1. The van der Waals surface area contributed by atoms with Gasteiger partial charge >= 0.3 is 6.03 Å². The van der Waals surface area contributed by atoms with E-state index in [9.17, 15) is 9.90 Å². The van der Waals surface area contributed by atoms with Crippen LogP contribution in [0.25, 0.3) is 0 Å². The molecule has 7 heteroatoms. The second-order valence-electron chi connectivity index (χ2n) is 4.98. The molecule has 2 amide bonds. The molecular weight excluding hydrogens is 304 g/mol. The molecule has 0 saturated heterocycles. The van der Waals surface area contributed by atoms with Gasteiger partial charge in [-0.15, -0.1) is 0 Å². The van der Waals surface area contributed by atoms with Crippen molar-refractivity contribution in [2.75, 3.05) is 13.1 Å². The van der Waals surface area contributed by atoms with Crippen LogP contribution in [0.2, 0.25) is 5.02 Å². The summed E-state index contributed by atoms with van der Waals surface area (Å²) < 4.78 is 1.72. The van der Waals surface area contributed by atoms with Gasteiger partial charge in [0.15, 0.2) is 0 Å². The van der Waals surface area contributed by atoms with E-state index in [1.54, 1.807) is 35.1 Å². The molecule has 2 aromatic rings. The normalized spacial score (nSPS) is 12.0. The number of urea groups is 1. The van der Waals surface area contributed by atoms with Crippen molar-refractivity contribution in [3.8, 4) is 0 Å². The van der Waals surface area contributed by atoms with E-state index in [0.717, 1.165) is 5.56 Å². The lowest BCUT2D eigenvalue weighted by Gasteiger charge is -2.13. The van der Waals surface area contributed by atoms with Crippen molar-refractivity contribution in [3.05, 3.63) is 52.8 Å². The first-order chi connectivity index (χ1) is 10.5. The third-order valence-electron chi connectivity index (χ3n) is 3.17. The van der Waals surface area contributed by atoms with Gasteiger partial charge < -0.3 is 15.7 Å². The van der Waals surface area contributed by atoms with Crippen molar-refractivity contribution in [1.82, 2.24) is 20.4 Å². The zero-order valence-electron chi connectivity index (χ0n) is 12.3. The summed E-state index contributed by atoms with van der Waals surface area (Å²) in [5.74, 6) is 0. The van der Waals surface area contributed by atoms with Crippen LogP contribution in [-0.2, 0) is 13.5 Å². The van der Waals surface area contributed by atoms with Gasteiger partial charge in [0.1, 0.15) is 0 Å². The standard InChI is InChI=1S/C15H19ClN4O2/c1-20-10-11(8-19-20)6-7-17-15(22)18-9-14(21)12-2-4-13(16)5-3-12/h2-5,8,10,14,21H,6-7,9H2,1H3,(H2,17,18,22)/t14-/m1/s1. The van der Waals surface area contributed by atoms with Crippen LogP contribution in [0.4, 0.5) is 4.79 Å². The van der Waals surface area contributed by atoms with Crippen molar-refractivity contribution < 1.29 is 9.90 Å². The lowest BCUT2D eigenvalue weighted by Crippen LogP contribution is -2.38. The minimum absolute atomic E-state index is 0.139. The number of amides is 2. The van der Waals surface area contributed by atoms with Crippen LogP contribution < -0.4 is 10.6 Å². The fourth-order valence-corrected chi connectivity index (χ4v) is 2.10. The van der Waals surface area contributed by atoms with Crippen molar-refractivity contribution in [1.29, 1.82) is 0 Å². The van der Waals surface area contributed by atoms with Crippen LogP contribution in [-0.4, -0.2) is 34.0 Å². The van der Waals surface area contributed by atoms with Crippen molar-refractivity contribution >= 4 is 17.6 Å². The molecule has 0 aliphatic rings. The Balaban J connectivity index is 1.67. The van der Waals surface area contributed by atoms with Crippen LogP contribution in [0.3, 0.4) is 0 Å². The molecule has 3 N–H and O–H groups in total. The van der Waals surface area contributed by atoms with Crippen molar-refractivity contribution in [2.45, 2.75) is 12.5 Å². The Morgan fingerprint density at radius 3 is 2.73 bits per heavy atom. The molecule has 22 heavy (non-hydrogen) atoms. The fourth-order valence-electron chi connectivity index (χ4n) is 1.98. The summed E-state index contributed by atoms with van der Waals surface area (Å²) >= 11 is 5.79. The summed E-state index contributed by atoms with van der Waals surface area (Å²) in [5.41, 5.74) is 1.77. The Hall–Kier alpha value is -2.05. The largest absolute Gasteiger partial charge is 0.387 e. The minimum atomic E-state index is -0.763. The number of aliphatic hydroxyl groups is 1. The van der Waals surface area contributed by atoms with Gasteiger partial charge in [-0.25, -0.2) is 4.79 Å². The Morgan fingerprint density at radius 1 is 1.36 bits per heavy atom. The summed E-state index contributed by atoms with van der Waals surface area (Å²) in [6.45, 7) is 0.648. The molecule has 1 heterocycles. The van der Waals surface area contributed by atoms with Crippen molar-refractivity contribution in [2.24, 2.45) is 7.05 Å². The Morgan fingerprint density at radius 2 is 2.09 bits per heavy atom. The van der Waals surface area contributed by atoms with E-state index >= 15 is 0 Å². The molecule has 2 rings (SSSR count). The zero-order chi connectivity index (χ0) is 15.9. The Kier molecular flexibility index (Phi) is 5.80. The van der Waals surface area contributed by atoms with Gasteiger partial charge in [0.05, 0.1) is 12.3 Å². The van der Waals surface area contributed by atoms with E-state index in [1.807, 2.05) is 13.2 Å². The molecule has 1 aromatic heterocycles.